The van der Waals surface area contributed by atoms with Gasteiger partial charge in [-0.2, -0.15) is 0 Å². The van der Waals surface area contributed by atoms with Crippen molar-refractivity contribution < 1.29 is 14.3 Å². The second-order valence-corrected chi connectivity index (χ2v) is 8.63. The van der Waals surface area contributed by atoms with E-state index in [1.54, 1.807) is 44.0 Å². The van der Waals surface area contributed by atoms with E-state index in [-0.39, 0.29) is 5.91 Å². The molecule has 190 valence electrons. The largest absolute Gasteiger partial charge is 0.494 e. The van der Waals surface area contributed by atoms with Crippen molar-refractivity contribution in [1.29, 1.82) is 0 Å². The van der Waals surface area contributed by atoms with Crippen LogP contribution in [0.3, 0.4) is 0 Å². The van der Waals surface area contributed by atoms with Gasteiger partial charge in [0, 0.05) is 42.3 Å². The summed E-state index contributed by atoms with van der Waals surface area (Å²) < 4.78 is 11.5. The fraction of sp³-hybridized carbons (Fsp3) is 0.192. The quantitative estimate of drug-likeness (QED) is 0.291. The van der Waals surface area contributed by atoms with Gasteiger partial charge in [-0.3, -0.25) is 14.8 Å². The summed E-state index contributed by atoms with van der Waals surface area (Å²) in [5.74, 6) is 0.864. The first kappa shape index (κ1) is 25.8. The fourth-order valence-electron chi connectivity index (χ4n) is 3.48. The average molecular weight is 520 g/mol. The van der Waals surface area contributed by atoms with E-state index in [1.807, 2.05) is 31.1 Å². The van der Waals surface area contributed by atoms with Crippen molar-refractivity contribution in [2.24, 2.45) is 0 Å². The third-order valence-electron chi connectivity index (χ3n) is 5.28. The molecular formula is C26H26ClN7O3. The molecule has 0 saturated heterocycles. The topological polar surface area (TPSA) is 114 Å². The average Bonchev–Trinajstić information content (AvgIpc) is 2.89. The molecule has 0 saturated carbocycles. The van der Waals surface area contributed by atoms with Crippen LogP contribution in [-0.4, -0.2) is 65.1 Å². The number of pyridine rings is 2. The van der Waals surface area contributed by atoms with Crippen LogP contribution in [0.25, 0.3) is 22.2 Å². The molecule has 0 aliphatic carbocycles. The molecule has 1 aromatic carbocycles. The maximum Gasteiger partial charge on any atom is 0.247 e. The second-order valence-electron chi connectivity index (χ2n) is 8.20. The molecule has 2 N–H and O–H groups in total. The van der Waals surface area contributed by atoms with Gasteiger partial charge in [0.1, 0.15) is 29.1 Å². The number of hydrogen-bond donors (Lipinski definition) is 2. The van der Waals surface area contributed by atoms with Crippen LogP contribution in [0.2, 0.25) is 5.02 Å². The summed E-state index contributed by atoms with van der Waals surface area (Å²) in [6.45, 7) is 4.64. The van der Waals surface area contributed by atoms with Crippen LogP contribution >= 0.6 is 11.6 Å². The predicted octanol–water partition coefficient (Wildman–Crippen LogP) is 4.56. The summed E-state index contributed by atoms with van der Waals surface area (Å²) in [5, 5.41) is 6.48. The summed E-state index contributed by atoms with van der Waals surface area (Å²) >= 11 is 6.15. The zero-order valence-electron chi connectivity index (χ0n) is 20.7. The Bertz CT molecular complexity index is 1450. The lowest BCUT2D eigenvalue weighted by molar-refractivity contribution is -0.111. The lowest BCUT2D eigenvalue weighted by Crippen LogP contribution is -2.20. The van der Waals surface area contributed by atoms with Gasteiger partial charge in [0.05, 0.1) is 29.7 Å². The van der Waals surface area contributed by atoms with Crippen molar-refractivity contribution in [1.82, 2.24) is 24.8 Å². The van der Waals surface area contributed by atoms with E-state index in [1.165, 1.54) is 6.08 Å². The predicted molar refractivity (Wildman–Crippen MR) is 145 cm³/mol. The lowest BCUT2D eigenvalue weighted by Gasteiger charge is -2.18. The minimum absolute atomic E-state index is 0.303. The Kier molecular flexibility index (Phi) is 8.11. The molecule has 0 fully saturated rings. The van der Waals surface area contributed by atoms with Crippen molar-refractivity contribution in [3.05, 3.63) is 66.7 Å². The summed E-state index contributed by atoms with van der Waals surface area (Å²) in [6, 6.07) is 7.05. The molecule has 37 heavy (non-hydrogen) atoms. The molecule has 3 heterocycles. The Balaban J connectivity index is 1.72. The number of nitrogens with one attached hydrogen (secondary N) is 2. The molecule has 0 spiro atoms. The maximum atomic E-state index is 12.1. The summed E-state index contributed by atoms with van der Waals surface area (Å²) in [7, 11) is 5.44. The third kappa shape index (κ3) is 6.29. The van der Waals surface area contributed by atoms with Gasteiger partial charge < -0.3 is 25.0 Å². The number of likely N-dealkylation sites (N-methyl/N-ethyl adjacent to an activating group) is 1. The first-order valence-corrected chi connectivity index (χ1v) is 11.7. The fourth-order valence-corrected chi connectivity index (χ4v) is 3.65. The van der Waals surface area contributed by atoms with Crippen LogP contribution in [-0.2, 0) is 4.79 Å². The van der Waals surface area contributed by atoms with Crippen molar-refractivity contribution in [3.63, 3.8) is 0 Å². The normalized spacial score (nSPS) is 10.8. The SMILES string of the molecule is C=CC(=O)Nc1cc(Nc2ncc3nccc(-c4cncc(Cl)c4)c3n2)c(OC)cc1OCCN(C)C. The Morgan fingerprint density at radius 1 is 1.14 bits per heavy atom. The standard InChI is InChI=1S/C26H26ClN7O3/c1-5-24(35)31-20-11-19(22(36-4)12-23(20)37-9-8-34(2)3)32-26-30-15-21-25(33-26)18(6-7-29-21)16-10-17(27)14-28-13-16/h5-7,10-15H,1,8-9H2,2-4H3,(H,31,35)(H,30,32,33). The summed E-state index contributed by atoms with van der Waals surface area (Å²) in [5.41, 5.74) is 3.80. The number of aromatic nitrogens is 4. The van der Waals surface area contributed by atoms with E-state index in [0.717, 1.165) is 11.1 Å². The Hall–Kier alpha value is -4.28. The number of nitrogens with zero attached hydrogens (tertiary/aromatic N) is 5. The smallest absolute Gasteiger partial charge is 0.247 e. The van der Waals surface area contributed by atoms with Gasteiger partial charge in [-0.05, 0) is 38.4 Å². The molecule has 10 nitrogen and oxygen atoms in total. The zero-order valence-corrected chi connectivity index (χ0v) is 21.4. The molecule has 0 radical (unpaired) electrons. The van der Waals surface area contributed by atoms with Crippen LogP contribution in [0.1, 0.15) is 0 Å². The van der Waals surface area contributed by atoms with E-state index in [2.05, 4.69) is 32.2 Å². The van der Waals surface area contributed by atoms with Gasteiger partial charge in [0.25, 0.3) is 0 Å². The van der Waals surface area contributed by atoms with E-state index in [9.17, 15) is 4.79 Å². The molecular weight excluding hydrogens is 494 g/mol. The van der Waals surface area contributed by atoms with E-state index < -0.39 is 0 Å². The highest BCUT2D eigenvalue weighted by molar-refractivity contribution is 6.30. The zero-order chi connectivity index (χ0) is 26.4. The van der Waals surface area contributed by atoms with Crippen LogP contribution in [0.15, 0.2) is 61.7 Å². The number of carbonyl (C=O) groups is 1. The second kappa shape index (κ2) is 11.6. The van der Waals surface area contributed by atoms with Crippen LogP contribution in [0.5, 0.6) is 11.5 Å². The number of carbonyl (C=O) groups excluding carboxylic acids is 1. The number of benzene rings is 1. The summed E-state index contributed by atoms with van der Waals surface area (Å²) in [6.07, 6.45) is 7.77. The molecule has 0 unspecified atom stereocenters. The molecule has 11 heteroatoms. The number of anilines is 3. The van der Waals surface area contributed by atoms with Crippen LogP contribution in [0.4, 0.5) is 17.3 Å². The highest BCUT2D eigenvalue weighted by Crippen LogP contribution is 2.38. The number of ether oxygens (including phenoxy) is 2. The third-order valence-corrected chi connectivity index (χ3v) is 5.49. The minimum Gasteiger partial charge on any atom is -0.494 e. The monoisotopic (exact) mass is 519 g/mol. The first-order chi connectivity index (χ1) is 17.9. The molecule has 0 atom stereocenters. The minimum atomic E-state index is -0.374. The number of fused-ring (bicyclic) bond motifs is 1. The number of halogens is 1. The van der Waals surface area contributed by atoms with Crippen LogP contribution < -0.4 is 20.1 Å². The molecule has 3 aromatic heterocycles. The van der Waals surface area contributed by atoms with Crippen molar-refractivity contribution in [2.75, 3.05) is 45.0 Å². The van der Waals surface area contributed by atoms with E-state index in [4.69, 9.17) is 26.1 Å². The van der Waals surface area contributed by atoms with Crippen molar-refractivity contribution in [2.45, 2.75) is 0 Å². The first-order valence-electron chi connectivity index (χ1n) is 11.3. The van der Waals surface area contributed by atoms with Crippen molar-refractivity contribution in [3.8, 4) is 22.6 Å². The number of rotatable bonds is 10. The van der Waals surface area contributed by atoms with Gasteiger partial charge >= 0.3 is 0 Å². The van der Waals surface area contributed by atoms with Gasteiger partial charge in [-0.1, -0.05) is 18.2 Å². The highest BCUT2D eigenvalue weighted by Gasteiger charge is 2.16. The van der Waals surface area contributed by atoms with Gasteiger partial charge in [0.15, 0.2) is 0 Å². The highest BCUT2D eigenvalue weighted by atomic mass is 35.5. The van der Waals surface area contributed by atoms with Crippen molar-refractivity contribution >= 4 is 45.9 Å². The Labute approximate surface area is 219 Å². The van der Waals surface area contributed by atoms with E-state index in [0.29, 0.717) is 58.0 Å². The molecule has 0 aliphatic rings. The number of hydrogen-bond acceptors (Lipinski definition) is 9. The van der Waals surface area contributed by atoms with E-state index >= 15 is 0 Å². The molecule has 0 aliphatic heterocycles. The molecule has 1 amide bonds. The number of methoxy groups -OCH3 is 1. The van der Waals surface area contributed by atoms with Gasteiger partial charge in [0.2, 0.25) is 11.9 Å². The van der Waals surface area contributed by atoms with Gasteiger partial charge in [-0.15, -0.1) is 0 Å². The Morgan fingerprint density at radius 2 is 1.97 bits per heavy atom. The molecule has 4 aromatic rings. The number of amides is 1. The van der Waals surface area contributed by atoms with Gasteiger partial charge in [-0.25, -0.2) is 9.97 Å². The Morgan fingerprint density at radius 3 is 2.70 bits per heavy atom. The summed E-state index contributed by atoms with van der Waals surface area (Å²) in [4.78, 5) is 31.7. The van der Waals surface area contributed by atoms with Crippen LogP contribution in [0, 0.1) is 0 Å². The lowest BCUT2D eigenvalue weighted by atomic mass is 10.1. The maximum absolute atomic E-state index is 12.1. The molecule has 0 bridgehead atoms. The molecule has 4 rings (SSSR count).